The van der Waals surface area contributed by atoms with Gasteiger partial charge >= 0.3 is 5.97 Å². The molecule has 0 saturated heterocycles. The highest BCUT2D eigenvalue weighted by Crippen LogP contribution is 2.28. The molecule has 0 spiro atoms. The van der Waals surface area contributed by atoms with Crippen molar-refractivity contribution >= 4 is 33.6 Å². The van der Waals surface area contributed by atoms with Crippen LogP contribution >= 0.6 is 0 Å². The quantitative estimate of drug-likeness (QED) is 0.530. The first-order valence-electron chi connectivity index (χ1n) is 8.57. The van der Waals surface area contributed by atoms with E-state index in [9.17, 15) is 4.79 Å². The molecule has 0 unspecified atom stereocenters. The molecular formula is C21H19N3O2. The van der Waals surface area contributed by atoms with Crippen LogP contribution in [0.15, 0.2) is 54.6 Å². The van der Waals surface area contributed by atoms with Gasteiger partial charge in [-0.3, -0.25) is 0 Å². The van der Waals surface area contributed by atoms with Crippen LogP contribution in [-0.2, 0) is 4.74 Å². The number of benzene rings is 2. The third-order valence-corrected chi connectivity index (χ3v) is 4.40. The summed E-state index contributed by atoms with van der Waals surface area (Å²) in [6, 6.07) is 17.7. The van der Waals surface area contributed by atoms with Crippen LogP contribution in [0.1, 0.15) is 17.3 Å². The number of hydrogen-bond donors (Lipinski definition) is 2. The Kier molecular flexibility index (Phi) is 4.05. The van der Waals surface area contributed by atoms with Gasteiger partial charge in [-0.1, -0.05) is 24.3 Å². The predicted octanol–water partition coefficient (Wildman–Crippen LogP) is 4.60. The molecule has 0 amide bonds. The molecule has 130 valence electrons. The first kappa shape index (κ1) is 16.1. The molecule has 0 saturated carbocycles. The number of pyridine rings is 1. The van der Waals surface area contributed by atoms with E-state index < -0.39 is 0 Å². The number of esters is 1. The van der Waals surface area contributed by atoms with Crippen molar-refractivity contribution in [1.29, 1.82) is 0 Å². The van der Waals surface area contributed by atoms with E-state index in [1.54, 1.807) is 19.1 Å². The summed E-state index contributed by atoms with van der Waals surface area (Å²) in [6.45, 7) is 2.17. The Balaban J connectivity index is 1.75. The topological polar surface area (TPSA) is 67.0 Å². The van der Waals surface area contributed by atoms with Crippen LogP contribution < -0.4 is 5.32 Å². The van der Waals surface area contributed by atoms with Gasteiger partial charge < -0.3 is 15.0 Å². The van der Waals surface area contributed by atoms with Crippen LogP contribution in [-0.4, -0.2) is 29.6 Å². The van der Waals surface area contributed by atoms with Gasteiger partial charge in [-0.05, 0) is 42.8 Å². The van der Waals surface area contributed by atoms with Crippen LogP contribution in [0.2, 0.25) is 0 Å². The van der Waals surface area contributed by atoms with Crippen molar-refractivity contribution < 1.29 is 9.53 Å². The van der Waals surface area contributed by atoms with E-state index in [1.165, 1.54) is 0 Å². The van der Waals surface area contributed by atoms with Gasteiger partial charge in [0.1, 0.15) is 5.65 Å². The number of para-hydroxylation sites is 1. The largest absolute Gasteiger partial charge is 0.462 e. The average Bonchev–Trinajstić information content (AvgIpc) is 3.09. The van der Waals surface area contributed by atoms with Crippen LogP contribution in [0.5, 0.6) is 0 Å². The molecule has 0 fully saturated rings. The zero-order chi connectivity index (χ0) is 18.1. The highest BCUT2D eigenvalue weighted by atomic mass is 16.5. The second kappa shape index (κ2) is 6.52. The number of nitrogens with zero attached hydrogens (tertiary/aromatic N) is 1. The van der Waals surface area contributed by atoms with Crippen molar-refractivity contribution in [2.45, 2.75) is 6.92 Å². The van der Waals surface area contributed by atoms with Gasteiger partial charge in [-0.2, -0.15) is 0 Å². The highest BCUT2D eigenvalue weighted by molar-refractivity contribution is 5.99. The van der Waals surface area contributed by atoms with Crippen molar-refractivity contribution in [3.63, 3.8) is 0 Å². The number of nitrogens with one attached hydrogen (secondary N) is 2. The van der Waals surface area contributed by atoms with Gasteiger partial charge in [-0.15, -0.1) is 0 Å². The molecule has 26 heavy (non-hydrogen) atoms. The number of aromatic amines is 1. The molecule has 2 aromatic heterocycles. The molecule has 4 aromatic rings. The van der Waals surface area contributed by atoms with Crippen molar-refractivity contribution in [2.75, 3.05) is 19.0 Å². The second-order valence-corrected chi connectivity index (χ2v) is 6.03. The summed E-state index contributed by atoms with van der Waals surface area (Å²) in [5.41, 5.74) is 5.28. The summed E-state index contributed by atoms with van der Waals surface area (Å²) >= 11 is 0. The summed E-state index contributed by atoms with van der Waals surface area (Å²) < 4.78 is 5.02. The summed E-state index contributed by atoms with van der Waals surface area (Å²) in [7, 11) is 1.89. The number of carbonyl (C=O) groups excluding carboxylic acids is 1. The Morgan fingerprint density at radius 1 is 1.12 bits per heavy atom. The number of aromatic nitrogens is 2. The van der Waals surface area contributed by atoms with Crippen LogP contribution in [0.3, 0.4) is 0 Å². The first-order valence-corrected chi connectivity index (χ1v) is 8.57. The van der Waals surface area contributed by atoms with E-state index in [0.29, 0.717) is 12.2 Å². The minimum Gasteiger partial charge on any atom is -0.462 e. The number of hydrogen-bond acceptors (Lipinski definition) is 4. The molecular weight excluding hydrogens is 326 g/mol. The van der Waals surface area contributed by atoms with Gasteiger partial charge in [0.15, 0.2) is 0 Å². The van der Waals surface area contributed by atoms with Gasteiger partial charge in [-0.25, -0.2) is 9.78 Å². The predicted molar refractivity (Wildman–Crippen MR) is 105 cm³/mol. The van der Waals surface area contributed by atoms with Gasteiger partial charge in [0.2, 0.25) is 0 Å². The standard InChI is InChI=1S/C21H19N3O2/c1-3-26-21(25)14-9-7-13(8-10-14)18-12-16-11-15-5-4-6-17(22-2)19(15)24-20(16)23-18/h4-12,22H,3H2,1-2H3,(H,23,24). The second-order valence-electron chi connectivity index (χ2n) is 6.03. The molecule has 4 rings (SSSR count). The van der Waals surface area contributed by atoms with Crippen molar-refractivity contribution in [1.82, 2.24) is 9.97 Å². The lowest BCUT2D eigenvalue weighted by Crippen LogP contribution is -2.03. The molecule has 5 heteroatoms. The summed E-state index contributed by atoms with van der Waals surface area (Å²) in [5.74, 6) is -0.303. The van der Waals surface area contributed by atoms with E-state index in [0.717, 1.165) is 38.9 Å². The Hall–Kier alpha value is -3.34. The normalized spacial score (nSPS) is 11.0. The lowest BCUT2D eigenvalue weighted by Gasteiger charge is -2.04. The molecule has 0 atom stereocenters. The summed E-state index contributed by atoms with van der Waals surface area (Å²) in [6.07, 6.45) is 0. The number of carbonyl (C=O) groups is 1. The van der Waals surface area contributed by atoms with Crippen molar-refractivity contribution in [3.8, 4) is 11.3 Å². The molecule has 2 aromatic carbocycles. The Bertz CT molecular complexity index is 1100. The number of ether oxygens (including phenoxy) is 1. The molecule has 0 aliphatic heterocycles. The minimum atomic E-state index is -0.303. The number of fused-ring (bicyclic) bond motifs is 2. The van der Waals surface area contributed by atoms with Crippen molar-refractivity contribution in [3.05, 3.63) is 60.2 Å². The lowest BCUT2D eigenvalue weighted by atomic mass is 10.1. The Morgan fingerprint density at radius 3 is 2.65 bits per heavy atom. The van der Waals surface area contributed by atoms with Gasteiger partial charge in [0.25, 0.3) is 0 Å². The maximum absolute atomic E-state index is 11.8. The zero-order valence-corrected chi connectivity index (χ0v) is 14.7. The molecule has 5 nitrogen and oxygen atoms in total. The molecule has 2 heterocycles. The Labute approximate surface area is 151 Å². The fourth-order valence-electron chi connectivity index (χ4n) is 3.10. The fourth-order valence-corrected chi connectivity index (χ4v) is 3.10. The van der Waals surface area contributed by atoms with E-state index >= 15 is 0 Å². The molecule has 0 radical (unpaired) electrons. The lowest BCUT2D eigenvalue weighted by molar-refractivity contribution is 0.0526. The first-order chi connectivity index (χ1) is 12.7. The number of H-pyrrole nitrogens is 1. The van der Waals surface area contributed by atoms with Crippen LogP contribution in [0, 0.1) is 0 Å². The molecule has 0 aliphatic rings. The molecule has 0 bridgehead atoms. The van der Waals surface area contributed by atoms with Gasteiger partial charge in [0.05, 0.1) is 23.4 Å². The average molecular weight is 345 g/mol. The maximum atomic E-state index is 11.8. The zero-order valence-electron chi connectivity index (χ0n) is 14.7. The monoisotopic (exact) mass is 345 g/mol. The van der Waals surface area contributed by atoms with Gasteiger partial charge in [0, 0.05) is 23.5 Å². The maximum Gasteiger partial charge on any atom is 0.338 e. The molecule has 2 N–H and O–H groups in total. The molecule has 0 aliphatic carbocycles. The third kappa shape index (κ3) is 2.77. The third-order valence-electron chi connectivity index (χ3n) is 4.40. The van der Waals surface area contributed by atoms with Crippen LogP contribution in [0.4, 0.5) is 5.69 Å². The van der Waals surface area contributed by atoms with E-state index in [-0.39, 0.29) is 5.97 Å². The van der Waals surface area contributed by atoms with E-state index in [4.69, 9.17) is 9.72 Å². The summed E-state index contributed by atoms with van der Waals surface area (Å²) in [5, 5.41) is 5.32. The SMILES string of the molecule is CCOC(=O)c1ccc(-c2cc3cc4cccc(NC)c4nc3[nH]2)cc1. The Morgan fingerprint density at radius 2 is 1.92 bits per heavy atom. The smallest absolute Gasteiger partial charge is 0.338 e. The van der Waals surface area contributed by atoms with Crippen LogP contribution in [0.25, 0.3) is 33.2 Å². The fraction of sp³-hybridized carbons (Fsp3) is 0.143. The highest BCUT2D eigenvalue weighted by Gasteiger charge is 2.10. The van der Waals surface area contributed by atoms with E-state index in [2.05, 4.69) is 28.5 Å². The van der Waals surface area contributed by atoms with Crippen molar-refractivity contribution in [2.24, 2.45) is 0 Å². The number of rotatable bonds is 4. The number of anilines is 1. The van der Waals surface area contributed by atoms with E-state index in [1.807, 2.05) is 31.3 Å². The minimum absolute atomic E-state index is 0.303. The summed E-state index contributed by atoms with van der Waals surface area (Å²) in [4.78, 5) is 19.9.